The Morgan fingerprint density at radius 3 is 2.30 bits per heavy atom. The van der Waals surface area contributed by atoms with E-state index in [1.165, 1.54) is 0 Å². The highest BCUT2D eigenvalue weighted by atomic mass is 32.2. The Hall–Kier alpha value is -1.17. The molecule has 0 bridgehead atoms. The first-order valence-corrected chi connectivity index (χ1v) is 8.81. The molecule has 1 atom stereocenters. The minimum absolute atomic E-state index is 0.652. The van der Waals surface area contributed by atoms with Crippen molar-refractivity contribution in [3.8, 4) is 0 Å². The van der Waals surface area contributed by atoms with Crippen molar-refractivity contribution >= 4 is 22.4 Å². The van der Waals surface area contributed by atoms with Gasteiger partial charge in [0.15, 0.2) is 0 Å². The quantitative estimate of drug-likeness (QED) is 0.732. The van der Waals surface area contributed by atoms with Crippen LogP contribution in [0.3, 0.4) is 0 Å². The van der Waals surface area contributed by atoms with Crippen molar-refractivity contribution < 1.29 is 4.21 Å². The van der Waals surface area contributed by atoms with Crippen LogP contribution in [0.5, 0.6) is 0 Å². The van der Waals surface area contributed by atoms with Crippen LogP contribution in [0.2, 0.25) is 0 Å². The van der Waals surface area contributed by atoms with Crippen molar-refractivity contribution in [1.82, 2.24) is 9.97 Å². The molecule has 0 saturated carbocycles. The second-order valence-corrected chi connectivity index (χ2v) is 6.47. The summed E-state index contributed by atoms with van der Waals surface area (Å²) in [6, 6.07) is 0. The minimum atomic E-state index is -0.746. The molecule has 20 heavy (non-hydrogen) atoms. The maximum absolute atomic E-state index is 11.5. The second kappa shape index (κ2) is 8.89. The minimum Gasteiger partial charge on any atom is -0.370 e. The number of hydrogen-bond acceptors (Lipinski definition) is 5. The van der Waals surface area contributed by atoms with Crippen LogP contribution in [0, 0.1) is 6.92 Å². The van der Waals surface area contributed by atoms with Crippen LogP contribution in [0.25, 0.3) is 0 Å². The highest BCUT2D eigenvalue weighted by Crippen LogP contribution is 2.20. The van der Waals surface area contributed by atoms with E-state index in [0.29, 0.717) is 18.1 Å². The standard InChI is InChI=1S/C14H26N4OS/c1-5-8-12-17-13(15-6-2)11(4)14(18-12)16-9-10-20(19)7-3/h5-10H2,1-4H3,(H2,15,16,17,18). The fourth-order valence-corrected chi connectivity index (χ4v) is 2.46. The van der Waals surface area contributed by atoms with E-state index in [2.05, 4.69) is 34.4 Å². The molecule has 114 valence electrons. The second-order valence-electron chi connectivity index (χ2n) is 4.60. The van der Waals surface area contributed by atoms with Gasteiger partial charge in [-0.05, 0) is 20.3 Å². The fourth-order valence-electron chi connectivity index (χ4n) is 1.84. The molecule has 0 aliphatic rings. The number of hydrogen-bond donors (Lipinski definition) is 2. The van der Waals surface area contributed by atoms with Gasteiger partial charge in [0.1, 0.15) is 17.5 Å². The highest BCUT2D eigenvalue weighted by Gasteiger charge is 2.10. The summed E-state index contributed by atoms with van der Waals surface area (Å²) in [6.07, 6.45) is 1.89. The Labute approximate surface area is 124 Å². The summed E-state index contributed by atoms with van der Waals surface area (Å²) in [5, 5.41) is 6.57. The summed E-state index contributed by atoms with van der Waals surface area (Å²) in [5.74, 6) is 3.96. The van der Waals surface area contributed by atoms with Gasteiger partial charge in [-0.1, -0.05) is 13.8 Å². The molecule has 0 aromatic carbocycles. The molecule has 1 aromatic rings. The van der Waals surface area contributed by atoms with Crippen LogP contribution in [0.1, 0.15) is 38.6 Å². The van der Waals surface area contributed by atoms with Crippen LogP contribution >= 0.6 is 0 Å². The predicted octanol–water partition coefficient (Wildman–Crippen LogP) is 2.35. The van der Waals surface area contributed by atoms with Crippen LogP contribution in [-0.4, -0.2) is 38.8 Å². The van der Waals surface area contributed by atoms with E-state index in [4.69, 9.17) is 0 Å². The maximum atomic E-state index is 11.5. The normalized spacial score (nSPS) is 12.2. The molecule has 0 fully saturated rings. The van der Waals surface area contributed by atoms with Crippen LogP contribution in [0.4, 0.5) is 11.6 Å². The van der Waals surface area contributed by atoms with Gasteiger partial charge in [-0.25, -0.2) is 9.97 Å². The van der Waals surface area contributed by atoms with E-state index in [1.807, 2.05) is 13.8 Å². The van der Waals surface area contributed by atoms with Gasteiger partial charge in [0.2, 0.25) is 0 Å². The topological polar surface area (TPSA) is 66.9 Å². The molecule has 0 aliphatic heterocycles. The molecule has 0 amide bonds. The van der Waals surface area contributed by atoms with Crippen molar-refractivity contribution in [3.63, 3.8) is 0 Å². The monoisotopic (exact) mass is 298 g/mol. The van der Waals surface area contributed by atoms with Gasteiger partial charge in [-0.15, -0.1) is 0 Å². The largest absolute Gasteiger partial charge is 0.370 e. The number of anilines is 2. The molecule has 2 N–H and O–H groups in total. The Morgan fingerprint density at radius 2 is 1.75 bits per heavy atom. The van der Waals surface area contributed by atoms with Crippen molar-refractivity contribution in [3.05, 3.63) is 11.4 Å². The summed E-state index contributed by atoms with van der Waals surface area (Å²) >= 11 is 0. The third-order valence-corrected chi connectivity index (χ3v) is 4.26. The average Bonchev–Trinajstić information content (AvgIpc) is 2.43. The third kappa shape index (κ3) is 5.07. The molecule has 1 aromatic heterocycles. The first kappa shape index (κ1) is 16.9. The summed E-state index contributed by atoms with van der Waals surface area (Å²) < 4.78 is 11.5. The molecule has 5 nitrogen and oxygen atoms in total. The van der Waals surface area contributed by atoms with Gasteiger partial charge < -0.3 is 10.6 Å². The molecule has 1 heterocycles. The highest BCUT2D eigenvalue weighted by molar-refractivity contribution is 7.84. The summed E-state index contributed by atoms with van der Waals surface area (Å²) in [5.41, 5.74) is 1.02. The smallest absolute Gasteiger partial charge is 0.134 e. The molecule has 1 rings (SSSR count). The lowest BCUT2D eigenvalue weighted by Crippen LogP contribution is -2.16. The van der Waals surface area contributed by atoms with Gasteiger partial charge in [-0.3, -0.25) is 4.21 Å². The van der Waals surface area contributed by atoms with Gasteiger partial charge in [0.25, 0.3) is 0 Å². The predicted molar refractivity (Wildman–Crippen MR) is 87.0 cm³/mol. The molecule has 1 unspecified atom stereocenters. The van der Waals surface area contributed by atoms with Crippen molar-refractivity contribution in [1.29, 1.82) is 0 Å². The molecular weight excluding hydrogens is 272 g/mol. The van der Waals surface area contributed by atoms with Crippen LogP contribution in [-0.2, 0) is 17.2 Å². The lowest BCUT2D eigenvalue weighted by molar-refractivity contribution is 0.684. The van der Waals surface area contributed by atoms with Crippen LogP contribution in [0.15, 0.2) is 0 Å². The van der Waals surface area contributed by atoms with Crippen molar-refractivity contribution in [2.75, 3.05) is 35.2 Å². The Balaban J connectivity index is 2.83. The summed E-state index contributed by atoms with van der Waals surface area (Å²) in [4.78, 5) is 9.12. The molecule has 6 heteroatoms. The number of nitrogens with one attached hydrogen (secondary N) is 2. The fraction of sp³-hybridized carbons (Fsp3) is 0.714. The van der Waals surface area contributed by atoms with Crippen LogP contribution < -0.4 is 10.6 Å². The number of rotatable bonds is 9. The molecule has 0 radical (unpaired) electrons. The molecule has 0 spiro atoms. The molecule has 0 saturated heterocycles. The molecular formula is C14H26N4OS. The molecule has 0 aliphatic carbocycles. The lowest BCUT2D eigenvalue weighted by atomic mass is 10.2. The van der Waals surface area contributed by atoms with Gasteiger partial charge in [0.05, 0.1) is 0 Å². The average molecular weight is 298 g/mol. The number of aromatic nitrogens is 2. The van der Waals surface area contributed by atoms with E-state index >= 15 is 0 Å². The van der Waals surface area contributed by atoms with E-state index in [9.17, 15) is 4.21 Å². The zero-order chi connectivity index (χ0) is 15.0. The first-order valence-electron chi connectivity index (χ1n) is 7.32. The van der Waals surface area contributed by atoms with Crippen molar-refractivity contribution in [2.45, 2.75) is 40.5 Å². The van der Waals surface area contributed by atoms with E-state index in [-0.39, 0.29) is 0 Å². The number of aryl methyl sites for hydroxylation is 1. The number of nitrogens with zero attached hydrogens (tertiary/aromatic N) is 2. The van der Waals surface area contributed by atoms with Crippen molar-refractivity contribution in [2.24, 2.45) is 0 Å². The van der Waals surface area contributed by atoms with E-state index in [0.717, 1.165) is 42.4 Å². The zero-order valence-corrected chi connectivity index (χ0v) is 13.8. The van der Waals surface area contributed by atoms with Gasteiger partial charge in [0, 0.05) is 47.4 Å². The van der Waals surface area contributed by atoms with E-state index < -0.39 is 10.8 Å². The van der Waals surface area contributed by atoms with E-state index in [1.54, 1.807) is 0 Å². The summed E-state index contributed by atoms with van der Waals surface area (Å²) in [6.45, 7) is 9.63. The lowest BCUT2D eigenvalue weighted by Gasteiger charge is -2.14. The van der Waals surface area contributed by atoms with Gasteiger partial charge in [-0.2, -0.15) is 0 Å². The van der Waals surface area contributed by atoms with Gasteiger partial charge >= 0.3 is 0 Å². The zero-order valence-electron chi connectivity index (χ0n) is 13.0. The maximum Gasteiger partial charge on any atom is 0.134 e. The third-order valence-electron chi connectivity index (χ3n) is 2.95. The first-order chi connectivity index (χ1) is 9.62. The SMILES string of the molecule is CCCc1nc(NCC)c(C)c(NCCS(=O)CC)n1. The Morgan fingerprint density at radius 1 is 1.10 bits per heavy atom. The summed E-state index contributed by atoms with van der Waals surface area (Å²) in [7, 11) is -0.746. The Kier molecular flexibility index (Phi) is 7.51. The Bertz CT molecular complexity index is 451.